The van der Waals surface area contributed by atoms with Gasteiger partial charge in [0, 0.05) is 23.4 Å². The average molecular weight is 318 g/mol. The van der Waals surface area contributed by atoms with Crippen LogP contribution in [-0.4, -0.2) is 23.8 Å². The predicted molar refractivity (Wildman–Crippen MR) is 96.8 cm³/mol. The molecule has 0 radical (unpaired) electrons. The molecule has 0 saturated carbocycles. The first kappa shape index (κ1) is 14.6. The third-order valence-corrected chi connectivity index (χ3v) is 4.44. The van der Waals surface area contributed by atoms with Crippen molar-refractivity contribution in [2.75, 3.05) is 14.2 Å². The summed E-state index contributed by atoms with van der Waals surface area (Å²) >= 11 is 0. The number of hydrogen-bond acceptors (Lipinski definition) is 3. The molecule has 120 valence electrons. The minimum atomic E-state index is 0.840. The summed E-state index contributed by atoms with van der Waals surface area (Å²) in [4.78, 5) is 4.91. The largest absolute Gasteiger partial charge is 0.497 e. The summed E-state index contributed by atoms with van der Waals surface area (Å²) in [6, 6.07) is 18.2. The van der Waals surface area contributed by atoms with Gasteiger partial charge in [-0.2, -0.15) is 0 Å². The van der Waals surface area contributed by atoms with E-state index in [1.54, 1.807) is 14.2 Å². The number of rotatable bonds is 3. The van der Waals surface area contributed by atoms with Crippen molar-refractivity contribution in [3.8, 4) is 22.9 Å². The van der Waals surface area contributed by atoms with Crippen LogP contribution in [0.5, 0.6) is 11.5 Å². The maximum Gasteiger partial charge on any atom is 0.140 e. The molecule has 4 aromatic rings. The SMILES string of the molecule is COc1ccc(-c2nc3c4cccc(OC)c4ccc3n2C)cc1. The molecule has 0 fully saturated rings. The van der Waals surface area contributed by atoms with Crippen LogP contribution in [0.25, 0.3) is 33.2 Å². The Morgan fingerprint density at radius 2 is 1.62 bits per heavy atom. The summed E-state index contributed by atoms with van der Waals surface area (Å²) in [7, 11) is 5.41. The van der Waals surface area contributed by atoms with E-state index in [9.17, 15) is 0 Å². The number of methoxy groups -OCH3 is 2. The van der Waals surface area contributed by atoms with Gasteiger partial charge in [-0.15, -0.1) is 0 Å². The highest BCUT2D eigenvalue weighted by Crippen LogP contribution is 2.33. The first-order valence-corrected chi connectivity index (χ1v) is 7.79. The molecular weight excluding hydrogens is 300 g/mol. The van der Waals surface area contributed by atoms with Crippen molar-refractivity contribution in [2.45, 2.75) is 0 Å². The number of aromatic nitrogens is 2. The van der Waals surface area contributed by atoms with Gasteiger partial charge >= 0.3 is 0 Å². The molecule has 0 saturated heterocycles. The van der Waals surface area contributed by atoms with E-state index in [0.29, 0.717) is 0 Å². The van der Waals surface area contributed by atoms with Gasteiger partial charge in [-0.3, -0.25) is 0 Å². The van der Waals surface area contributed by atoms with Crippen molar-refractivity contribution in [3.63, 3.8) is 0 Å². The molecule has 0 aliphatic heterocycles. The first-order valence-electron chi connectivity index (χ1n) is 7.79. The summed E-state index contributed by atoms with van der Waals surface area (Å²) in [5.41, 5.74) is 3.15. The van der Waals surface area contributed by atoms with Crippen LogP contribution in [-0.2, 0) is 7.05 Å². The van der Waals surface area contributed by atoms with Gasteiger partial charge in [0.25, 0.3) is 0 Å². The lowest BCUT2D eigenvalue weighted by Crippen LogP contribution is -1.92. The summed E-state index contributed by atoms with van der Waals surface area (Å²) < 4.78 is 12.8. The van der Waals surface area contributed by atoms with E-state index >= 15 is 0 Å². The lowest BCUT2D eigenvalue weighted by atomic mass is 10.1. The summed E-state index contributed by atoms with van der Waals surface area (Å²) in [5, 5.41) is 2.18. The number of aryl methyl sites for hydroxylation is 1. The Kier molecular flexibility index (Phi) is 3.38. The first-order chi connectivity index (χ1) is 11.7. The summed E-state index contributed by atoms with van der Waals surface area (Å²) in [6.07, 6.45) is 0. The van der Waals surface area contributed by atoms with Gasteiger partial charge in [0.05, 0.1) is 25.3 Å². The van der Waals surface area contributed by atoms with Crippen molar-refractivity contribution >= 4 is 21.8 Å². The lowest BCUT2D eigenvalue weighted by Gasteiger charge is -2.06. The van der Waals surface area contributed by atoms with E-state index < -0.39 is 0 Å². The highest BCUT2D eigenvalue weighted by molar-refractivity contribution is 6.07. The highest BCUT2D eigenvalue weighted by Gasteiger charge is 2.13. The Morgan fingerprint density at radius 1 is 0.833 bits per heavy atom. The Labute approximate surface area is 140 Å². The Morgan fingerprint density at radius 3 is 2.33 bits per heavy atom. The molecular formula is C20H18N2O2. The molecule has 0 atom stereocenters. The quantitative estimate of drug-likeness (QED) is 0.561. The predicted octanol–water partition coefficient (Wildman–Crippen LogP) is 4.41. The molecule has 0 spiro atoms. The number of ether oxygens (including phenoxy) is 2. The van der Waals surface area contributed by atoms with Gasteiger partial charge in [0.1, 0.15) is 17.3 Å². The molecule has 3 aromatic carbocycles. The van der Waals surface area contributed by atoms with E-state index in [1.165, 1.54) is 0 Å². The Hall–Kier alpha value is -3.01. The van der Waals surface area contributed by atoms with Crippen LogP contribution in [0.15, 0.2) is 54.6 Å². The van der Waals surface area contributed by atoms with Gasteiger partial charge in [-0.25, -0.2) is 4.98 Å². The third kappa shape index (κ3) is 2.11. The van der Waals surface area contributed by atoms with Crippen LogP contribution in [0.3, 0.4) is 0 Å². The average Bonchev–Trinajstić information content (AvgIpc) is 2.98. The zero-order valence-electron chi connectivity index (χ0n) is 13.9. The van der Waals surface area contributed by atoms with Crippen LogP contribution >= 0.6 is 0 Å². The second-order valence-corrected chi connectivity index (χ2v) is 5.71. The van der Waals surface area contributed by atoms with Gasteiger partial charge in [-0.05, 0) is 42.5 Å². The second-order valence-electron chi connectivity index (χ2n) is 5.71. The number of benzene rings is 3. The number of fused-ring (bicyclic) bond motifs is 3. The van der Waals surface area contributed by atoms with E-state index in [4.69, 9.17) is 14.5 Å². The molecule has 0 bridgehead atoms. The Bertz CT molecular complexity index is 1030. The van der Waals surface area contributed by atoms with Crippen LogP contribution in [0, 0.1) is 0 Å². The second kappa shape index (κ2) is 5.57. The van der Waals surface area contributed by atoms with Gasteiger partial charge in [-0.1, -0.05) is 12.1 Å². The fourth-order valence-corrected chi connectivity index (χ4v) is 3.16. The molecule has 0 unspecified atom stereocenters. The van der Waals surface area contributed by atoms with E-state index in [-0.39, 0.29) is 0 Å². The zero-order valence-corrected chi connectivity index (χ0v) is 13.9. The van der Waals surface area contributed by atoms with E-state index in [2.05, 4.69) is 22.8 Å². The molecule has 0 aliphatic carbocycles. The number of imidazole rings is 1. The minimum Gasteiger partial charge on any atom is -0.497 e. The van der Waals surface area contributed by atoms with Crippen molar-refractivity contribution < 1.29 is 9.47 Å². The maximum absolute atomic E-state index is 5.48. The minimum absolute atomic E-state index is 0.840. The fraction of sp³-hybridized carbons (Fsp3) is 0.150. The van der Waals surface area contributed by atoms with Crippen molar-refractivity contribution in [2.24, 2.45) is 7.05 Å². The van der Waals surface area contributed by atoms with Crippen molar-refractivity contribution in [1.82, 2.24) is 9.55 Å². The third-order valence-electron chi connectivity index (χ3n) is 4.44. The van der Waals surface area contributed by atoms with Gasteiger partial charge < -0.3 is 14.0 Å². The highest BCUT2D eigenvalue weighted by atomic mass is 16.5. The molecule has 4 rings (SSSR count). The smallest absolute Gasteiger partial charge is 0.140 e. The molecule has 4 nitrogen and oxygen atoms in total. The molecule has 1 aromatic heterocycles. The van der Waals surface area contributed by atoms with Crippen LogP contribution < -0.4 is 9.47 Å². The standard InChI is InChI=1S/C20H18N2O2/c1-22-17-12-11-15-16(5-4-6-18(15)24-3)19(17)21-20(22)13-7-9-14(23-2)10-8-13/h4-12H,1-3H3. The monoisotopic (exact) mass is 318 g/mol. The fourth-order valence-electron chi connectivity index (χ4n) is 3.16. The van der Waals surface area contributed by atoms with E-state index in [1.807, 2.05) is 43.4 Å². The maximum atomic E-state index is 5.48. The van der Waals surface area contributed by atoms with Crippen molar-refractivity contribution in [1.29, 1.82) is 0 Å². The topological polar surface area (TPSA) is 36.3 Å². The summed E-state index contributed by atoms with van der Waals surface area (Å²) in [5.74, 6) is 2.64. The normalized spacial score (nSPS) is 11.1. The van der Waals surface area contributed by atoms with Crippen LogP contribution in [0.2, 0.25) is 0 Å². The van der Waals surface area contributed by atoms with Gasteiger partial charge in [0.2, 0.25) is 0 Å². The molecule has 0 amide bonds. The van der Waals surface area contributed by atoms with E-state index in [0.717, 1.165) is 44.7 Å². The van der Waals surface area contributed by atoms with Crippen molar-refractivity contribution in [3.05, 3.63) is 54.6 Å². The van der Waals surface area contributed by atoms with Crippen LogP contribution in [0.1, 0.15) is 0 Å². The molecule has 4 heteroatoms. The molecule has 0 N–H and O–H groups in total. The van der Waals surface area contributed by atoms with Crippen LogP contribution in [0.4, 0.5) is 0 Å². The summed E-state index contributed by atoms with van der Waals surface area (Å²) in [6.45, 7) is 0. The zero-order chi connectivity index (χ0) is 16.7. The molecule has 24 heavy (non-hydrogen) atoms. The lowest BCUT2D eigenvalue weighted by molar-refractivity contribution is 0.415. The molecule has 1 heterocycles. The van der Waals surface area contributed by atoms with Gasteiger partial charge in [0.15, 0.2) is 0 Å². The molecule has 0 aliphatic rings. The Balaban J connectivity index is 1.98. The number of nitrogens with zero attached hydrogens (tertiary/aromatic N) is 2. The number of hydrogen-bond donors (Lipinski definition) is 0.